The number of thiazole rings is 1. The molecule has 0 unspecified atom stereocenters. The Morgan fingerprint density at radius 2 is 2.08 bits per heavy atom. The third-order valence-corrected chi connectivity index (χ3v) is 6.16. The molecule has 0 aliphatic heterocycles. The second-order valence-electron chi connectivity index (χ2n) is 5.84. The first kappa shape index (κ1) is 18.9. The number of hydrogen-bond acceptors (Lipinski definition) is 6. The molecule has 2 aromatic heterocycles. The summed E-state index contributed by atoms with van der Waals surface area (Å²) in [4.78, 5) is 16.8. The number of halogens is 1. The van der Waals surface area contributed by atoms with Crippen molar-refractivity contribution in [3.05, 3.63) is 45.4 Å². The van der Waals surface area contributed by atoms with Crippen LogP contribution in [0.25, 0.3) is 10.6 Å². The fraction of sp³-hybridized carbons (Fsp3) is 0.333. The van der Waals surface area contributed by atoms with Gasteiger partial charge in [-0.1, -0.05) is 48.9 Å². The Balaban J connectivity index is 1.62. The van der Waals surface area contributed by atoms with E-state index in [1.807, 2.05) is 29.6 Å². The number of nitrogens with zero attached hydrogens (tertiary/aromatic N) is 3. The van der Waals surface area contributed by atoms with Crippen molar-refractivity contribution >= 4 is 45.3 Å². The van der Waals surface area contributed by atoms with Crippen molar-refractivity contribution in [2.24, 2.45) is 0 Å². The van der Waals surface area contributed by atoms with Crippen molar-refractivity contribution in [2.45, 2.75) is 39.0 Å². The molecule has 0 aliphatic rings. The van der Waals surface area contributed by atoms with E-state index < -0.39 is 0 Å². The molecule has 136 valence electrons. The summed E-state index contributed by atoms with van der Waals surface area (Å²) in [6, 6.07) is 7.53. The number of carbonyl (C=O) groups excluding carboxylic acids is 1. The zero-order valence-electron chi connectivity index (χ0n) is 14.5. The number of rotatable bonds is 7. The molecule has 0 aliphatic carbocycles. The van der Waals surface area contributed by atoms with Crippen LogP contribution in [0.4, 0.5) is 5.13 Å². The van der Waals surface area contributed by atoms with Crippen LogP contribution in [-0.2, 0) is 11.2 Å². The van der Waals surface area contributed by atoms with Crippen LogP contribution in [0.1, 0.15) is 43.3 Å². The molecule has 3 aromatic rings. The third-order valence-electron chi connectivity index (χ3n) is 3.99. The lowest BCUT2D eigenvalue weighted by atomic mass is 10.1. The maximum atomic E-state index is 12.3. The van der Waals surface area contributed by atoms with Crippen molar-refractivity contribution < 1.29 is 4.79 Å². The van der Waals surface area contributed by atoms with Gasteiger partial charge in [-0.25, -0.2) is 4.98 Å². The molecular weight excluding hydrogens is 388 g/mol. The van der Waals surface area contributed by atoms with E-state index in [1.54, 1.807) is 0 Å². The number of aromatic nitrogens is 3. The van der Waals surface area contributed by atoms with Gasteiger partial charge in [0.15, 0.2) is 0 Å². The Kier molecular flexibility index (Phi) is 6.34. The van der Waals surface area contributed by atoms with Gasteiger partial charge in [-0.2, -0.15) is 0 Å². The highest BCUT2D eigenvalue weighted by atomic mass is 35.5. The zero-order valence-corrected chi connectivity index (χ0v) is 16.9. The summed E-state index contributed by atoms with van der Waals surface area (Å²) in [6.07, 6.45) is 2.24. The van der Waals surface area contributed by atoms with Crippen LogP contribution in [-0.4, -0.2) is 21.1 Å². The van der Waals surface area contributed by atoms with Gasteiger partial charge < -0.3 is 5.32 Å². The Bertz CT molecular complexity index is 889. The summed E-state index contributed by atoms with van der Waals surface area (Å²) in [5.74, 6) is 0.261. The van der Waals surface area contributed by atoms with Crippen molar-refractivity contribution in [3.8, 4) is 10.6 Å². The predicted molar refractivity (Wildman–Crippen MR) is 108 cm³/mol. The van der Waals surface area contributed by atoms with Gasteiger partial charge in [-0.15, -0.1) is 21.5 Å². The molecule has 2 heterocycles. The zero-order chi connectivity index (χ0) is 18.5. The highest BCUT2D eigenvalue weighted by Gasteiger charge is 2.15. The molecule has 0 saturated heterocycles. The number of hydrogen-bond donors (Lipinski definition) is 1. The van der Waals surface area contributed by atoms with E-state index in [9.17, 15) is 4.79 Å². The number of amides is 1. The summed E-state index contributed by atoms with van der Waals surface area (Å²) in [6.45, 7) is 4.27. The van der Waals surface area contributed by atoms with E-state index in [0.717, 1.165) is 34.1 Å². The molecule has 1 amide bonds. The molecule has 1 N–H and O–H groups in total. The molecule has 0 atom stereocenters. The van der Waals surface area contributed by atoms with Crippen LogP contribution < -0.4 is 5.32 Å². The van der Waals surface area contributed by atoms with Gasteiger partial charge in [0.2, 0.25) is 11.0 Å². The molecule has 0 bridgehead atoms. The maximum Gasteiger partial charge on any atom is 0.232 e. The molecule has 0 saturated carbocycles. The standard InChI is InChI=1S/C18H19ClN4OS2/c1-3-11(4-2)17-22-23-18(26-17)21-15(24)9-14-10-25-16(20-14)12-6-5-7-13(19)8-12/h5-8,10-11H,3-4,9H2,1-2H3,(H,21,23,24). The summed E-state index contributed by atoms with van der Waals surface area (Å²) >= 11 is 8.97. The predicted octanol–water partition coefficient (Wildman–Crippen LogP) is 5.40. The van der Waals surface area contributed by atoms with Crippen LogP contribution in [0.15, 0.2) is 29.6 Å². The Hall–Kier alpha value is -1.83. The van der Waals surface area contributed by atoms with Gasteiger partial charge >= 0.3 is 0 Å². The molecule has 5 nitrogen and oxygen atoms in total. The summed E-state index contributed by atoms with van der Waals surface area (Å²) in [5.41, 5.74) is 1.68. The maximum absolute atomic E-state index is 12.3. The Labute approximate surface area is 165 Å². The average Bonchev–Trinajstić information content (AvgIpc) is 3.26. The first-order valence-electron chi connectivity index (χ1n) is 8.42. The minimum atomic E-state index is -0.139. The first-order chi connectivity index (χ1) is 12.6. The second-order valence-corrected chi connectivity index (χ2v) is 8.14. The largest absolute Gasteiger partial charge is 0.300 e. The van der Waals surface area contributed by atoms with Crippen LogP contribution >= 0.6 is 34.3 Å². The van der Waals surface area contributed by atoms with Crippen molar-refractivity contribution in [3.63, 3.8) is 0 Å². The number of benzene rings is 1. The minimum absolute atomic E-state index is 0.139. The number of carbonyl (C=O) groups is 1. The van der Waals surface area contributed by atoms with E-state index in [-0.39, 0.29) is 12.3 Å². The monoisotopic (exact) mass is 406 g/mol. The summed E-state index contributed by atoms with van der Waals surface area (Å²) in [7, 11) is 0. The lowest BCUT2D eigenvalue weighted by Crippen LogP contribution is -2.14. The molecule has 8 heteroatoms. The second kappa shape index (κ2) is 8.70. The molecule has 26 heavy (non-hydrogen) atoms. The first-order valence-corrected chi connectivity index (χ1v) is 10.5. The van der Waals surface area contributed by atoms with Gasteiger partial charge in [0.25, 0.3) is 0 Å². The fourth-order valence-electron chi connectivity index (χ4n) is 2.56. The van der Waals surface area contributed by atoms with Gasteiger partial charge in [0, 0.05) is 21.9 Å². The highest BCUT2D eigenvalue weighted by molar-refractivity contribution is 7.15. The molecule has 1 aromatic carbocycles. The number of anilines is 1. The van der Waals surface area contributed by atoms with Crippen LogP contribution in [0, 0.1) is 0 Å². The molecule has 0 radical (unpaired) electrons. The van der Waals surface area contributed by atoms with E-state index >= 15 is 0 Å². The van der Waals surface area contributed by atoms with Gasteiger partial charge in [-0.3, -0.25) is 4.79 Å². The van der Waals surface area contributed by atoms with E-state index in [2.05, 4.69) is 34.3 Å². The average molecular weight is 407 g/mol. The van der Waals surface area contributed by atoms with Crippen LogP contribution in [0.3, 0.4) is 0 Å². The van der Waals surface area contributed by atoms with E-state index in [4.69, 9.17) is 11.6 Å². The summed E-state index contributed by atoms with van der Waals surface area (Å²) < 4.78 is 0. The SMILES string of the molecule is CCC(CC)c1nnc(NC(=O)Cc2csc(-c3cccc(Cl)c3)n2)s1. The quantitative estimate of drug-likeness (QED) is 0.570. The lowest BCUT2D eigenvalue weighted by molar-refractivity contribution is -0.115. The fourth-order valence-corrected chi connectivity index (χ4v) is 4.59. The topological polar surface area (TPSA) is 67.8 Å². The van der Waals surface area contributed by atoms with Crippen molar-refractivity contribution in [1.82, 2.24) is 15.2 Å². The van der Waals surface area contributed by atoms with Gasteiger partial charge in [0.05, 0.1) is 12.1 Å². The molecule has 0 spiro atoms. The Morgan fingerprint density at radius 3 is 2.81 bits per heavy atom. The van der Waals surface area contributed by atoms with Crippen LogP contribution in [0.5, 0.6) is 0 Å². The summed E-state index contributed by atoms with van der Waals surface area (Å²) in [5, 5.41) is 16.0. The van der Waals surface area contributed by atoms with E-state index in [1.165, 1.54) is 22.7 Å². The van der Waals surface area contributed by atoms with Crippen molar-refractivity contribution in [1.29, 1.82) is 0 Å². The molecule has 3 rings (SSSR count). The molecule has 0 fully saturated rings. The highest BCUT2D eigenvalue weighted by Crippen LogP contribution is 2.29. The van der Waals surface area contributed by atoms with Crippen molar-refractivity contribution in [2.75, 3.05) is 5.32 Å². The third kappa shape index (κ3) is 4.66. The Morgan fingerprint density at radius 1 is 1.27 bits per heavy atom. The van der Waals surface area contributed by atoms with Gasteiger partial charge in [-0.05, 0) is 25.0 Å². The minimum Gasteiger partial charge on any atom is -0.300 e. The van der Waals surface area contributed by atoms with Crippen LogP contribution in [0.2, 0.25) is 5.02 Å². The molecular formula is C18H19ClN4OS2. The smallest absolute Gasteiger partial charge is 0.232 e. The van der Waals surface area contributed by atoms with E-state index in [0.29, 0.717) is 16.1 Å². The van der Waals surface area contributed by atoms with Gasteiger partial charge in [0.1, 0.15) is 10.0 Å². The normalized spacial score (nSPS) is 11.1. The number of nitrogens with one attached hydrogen (secondary N) is 1. The lowest BCUT2D eigenvalue weighted by Gasteiger charge is -2.05.